The quantitative estimate of drug-likeness (QED) is 0.650. The van der Waals surface area contributed by atoms with E-state index >= 15 is 0 Å². The second-order valence-corrected chi connectivity index (χ2v) is 4.41. The summed E-state index contributed by atoms with van der Waals surface area (Å²) in [6, 6.07) is 6.81. The summed E-state index contributed by atoms with van der Waals surface area (Å²) in [5.41, 5.74) is 1.57. The molecule has 0 spiro atoms. The maximum atomic E-state index is 11.1. The second kappa shape index (κ2) is 6.10. The highest BCUT2D eigenvalue weighted by Gasteiger charge is 2.15. The normalized spacial score (nSPS) is 10.3. The Kier molecular flexibility index (Phi) is 4.24. The lowest BCUT2D eigenvalue weighted by atomic mass is 10.2. The van der Waals surface area contributed by atoms with Gasteiger partial charge in [-0.15, -0.1) is 0 Å². The fraction of sp³-hybridized carbons (Fsp3) is 0.286. The van der Waals surface area contributed by atoms with Crippen LogP contribution in [-0.2, 0) is 13.6 Å². The topological polar surface area (TPSA) is 69.3 Å². The van der Waals surface area contributed by atoms with E-state index in [0.29, 0.717) is 24.6 Å². The Morgan fingerprint density at radius 3 is 2.80 bits per heavy atom. The molecule has 0 amide bonds. The molecule has 106 valence electrons. The lowest BCUT2D eigenvalue weighted by Gasteiger charge is -2.08. The third-order valence-corrected chi connectivity index (χ3v) is 2.85. The average Bonchev–Trinajstić information content (AvgIpc) is 2.83. The molecule has 2 aromatic rings. The van der Waals surface area contributed by atoms with Gasteiger partial charge in [-0.3, -0.25) is 10.1 Å². The van der Waals surface area contributed by atoms with E-state index in [1.165, 1.54) is 6.07 Å². The maximum absolute atomic E-state index is 11.1. The highest BCUT2D eigenvalue weighted by molar-refractivity contribution is 5.64. The van der Waals surface area contributed by atoms with Gasteiger partial charge in [-0.05, 0) is 30.7 Å². The number of nitro groups is 1. The first-order valence-electron chi connectivity index (χ1n) is 6.36. The fourth-order valence-corrected chi connectivity index (χ4v) is 1.93. The molecular formula is C14H17N3O3. The van der Waals surface area contributed by atoms with E-state index in [4.69, 9.17) is 4.74 Å². The van der Waals surface area contributed by atoms with Crippen LogP contribution in [-0.4, -0.2) is 16.1 Å². The summed E-state index contributed by atoms with van der Waals surface area (Å²) in [5, 5.41) is 14.2. The van der Waals surface area contributed by atoms with Crippen LogP contribution in [0, 0.1) is 10.1 Å². The van der Waals surface area contributed by atoms with Crippen LogP contribution >= 0.6 is 0 Å². The van der Waals surface area contributed by atoms with Gasteiger partial charge in [0, 0.05) is 26.0 Å². The largest absolute Gasteiger partial charge is 0.494 e. The predicted octanol–water partition coefficient (Wildman–Crippen LogP) is 2.94. The summed E-state index contributed by atoms with van der Waals surface area (Å²) in [6.45, 7) is 2.86. The molecule has 0 atom stereocenters. The Labute approximate surface area is 117 Å². The summed E-state index contributed by atoms with van der Waals surface area (Å²) in [5.74, 6) is 0.504. The van der Waals surface area contributed by atoms with Gasteiger partial charge in [0.2, 0.25) is 0 Å². The number of hydrogen-bond donors (Lipinski definition) is 1. The number of rotatable bonds is 6. The second-order valence-electron chi connectivity index (χ2n) is 4.41. The van der Waals surface area contributed by atoms with E-state index in [2.05, 4.69) is 5.32 Å². The van der Waals surface area contributed by atoms with Gasteiger partial charge in [0.25, 0.3) is 5.69 Å². The number of hydrogen-bond acceptors (Lipinski definition) is 4. The van der Waals surface area contributed by atoms with Crippen molar-refractivity contribution in [2.45, 2.75) is 13.5 Å². The molecule has 1 aromatic carbocycles. The highest BCUT2D eigenvalue weighted by Crippen LogP contribution is 2.29. The lowest BCUT2D eigenvalue weighted by Crippen LogP contribution is -2.03. The molecule has 0 bridgehead atoms. The van der Waals surface area contributed by atoms with Crippen LogP contribution in [0.25, 0.3) is 0 Å². The summed E-state index contributed by atoms with van der Waals surface area (Å²) in [6.07, 6.45) is 3.90. The molecule has 6 heteroatoms. The summed E-state index contributed by atoms with van der Waals surface area (Å²) < 4.78 is 7.22. The maximum Gasteiger partial charge on any atom is 0.296 e. The van der Waals surface area contributed by atoms with Crippen molar-refractivity contribution in [1.82, 2.24) is 4.57 Å². The summed E-state index contributed by atoms with van der Waals surface area (Å²) in [7, 11) is 1.93. The molecule has 6 nitrogen and oxygen atoms in total. The van der Waals surface area contributed by atoms with E-state index in [0.717, 1.165) is 5.56 Å². The first-order chi connectivity index (χ1) is 9.60. The van der Waals surface area contributed by atoms with Crippen LogP contribution in [0.15, 0.2) is 36.7 Å². The van der Waals surface area contributed by atoms with Crippen molar-refractivity contribution in [3.05, 3.63) is 52.3 Å². The smallest absolute Gasteiger partial charge is 0.296 e. The molecule has 0 saturated heterocycles. The Morgan fingerprint density at radius 2 is 2.20 bits per heavy atom. The molecule has 0 saturated carbocycles. The molecule has 20 heavy (non-hydrogen) atoms. The van der Waals surface area contributed by atoms with Crippen LogP contribution in [0.4, 0.5) is 11.4 Å². The van der Waals surface area contributed by atoms with Gasteiger partial charge < -0.3 is 14.6 Å². The van der Waals surface area contributed by atoms with Gasteiger partial charge in [-0.2, -0.15) is 0 Å². The van der Waals surface area contributed by atoms with Crippen molar-refractivity contribution in [2.24, 2.45) is 7.05 Å². The molecule has 1 heterocycles. The molecule has 2 rings (SSSR count). The first-order valence-corrected chi connectivity index (χ1v) is 6.36. The summed E-state index contributed by atoms with van der Waals surface area (Å²) in [4.78, 5) is 10.7. The zero-order valence-corrected chi connectivity index (χ0v) is 11.5. The van der Waals surface area contributed by atoms with Crippen LogP contribution in [0.1, 0.15) is 12.5 Å². The number of anilines is 1. The minimum atomic E-state index is -0.407. The van der Waals surface area contributed by atoms with Gasteiger partial charge in [-0.25, -0.2) is 0 Å². The van der Waals surface area contributed by atoms with Crippen molar-refractivity contribution < 1.29 is 9.66 Å². The number of nitrogens with zero attached hydrogens (tertiary/aromatic N) is 2. The number of aryl methyl sites for hydroxylation is 1. The van der Waals surface area contributed by atoms with Crippen LogP contribution in [0.3, 0.4) is 0 Å². The Morgan fingerprint density at radius 1 is 1.40 bits per heavy atom. The first kappa shape index (κ1) is 13.9. The molecule has 0 unspecified atom stereocenters. The average molecular weight is 275 g/mol. The van der Waals surface area contributed by atoms with E-state index in [9.17, 15) is 10.1 Å². The number of benzene rings is 1. The standard InChI is InChI=1S/C14H17N3O3/c1-3-20-12-4-5-13(14(8-12)17(18)19)15-9-11-6-7-16(2)10-11/h4-8,10,15H,3,9H2,1-2H3. The van der Waals surface area contributed by atoms with E-state index in [1.54, 1.807) is 12.1 Å². The Bertz CT molecular complexity index is 607. The van der Waals surface area contributed by atoms with Crippen molar-refractivity contribution in [3.8, 4) is 5.75 Å². The van der Waals surface area contributed by atoms with Gasteiger partial charge in [0.15, 0.2) is 0 Å². The van der Waals surface area contributed by atoms with E-state index in [1.807, 2.05) is 37.0 Å². The third-order valence-electron chi connectivity index (χ3n) is 2.85. The zero-order chi connectivity index (χ0) is 14.5. The van der Waals surface area contributed by atoms with Crippen molar-refractivity contribution >= 4 is 11.4 Å². The molecule has 1 N–H and O–H groups in total. The number of ether oxygens (including phenoxy) is 1. The van der Waals surface area contributed by atoms with Crippen molar-refractivity contribution in [1.29, 1.82) is 0 Å². The molecule has 0 fully saturated rings. The zero-order valence-electron chi connectivity index (χ0n) is 11.5. The van der Waals surface area contributed by atoms with Crippen molar-refractivity contribution in [3.63, 3.8) is 0 Å². The minimum absolute atomic E-state index is 0.0203. The fourth-order valence-electron chi connectivity index (χ4n) is 1.93. The molecule has 1 aromatic heterocycles. The Balaban J connectivity index is 2.15. The lowest BCUT2D eigenvalue weighted by molar-refractivity contribution is -0.384. The molecule has 0 aliphatic rings. The number of nitro benzene ring substituents is 1. The van der Waals surface area contributed by atoms with Gasteiger partial charge >= 0.3 is 0 Å². The number of aromatic nitrogens is 1. The summed E-state index contributed by atoms with van der Waals surface area (Å²) >= 11 is 0. The van der Waals surface area contributed by atoms with Crippen molar-refractivity contribution in [2.75, 3.05) is 11.9 Å². The van der Waals surface area contributed by atoms with Crippen LogP contribution < -0.4 is 10.1 Å². The van der Waals surface area contributed by atoms with Gasteiger partial charge in [0.1, 0.15) is 11.4 Å². The van der Waals surface area contributed by atoms with Gasteiger partial charge in [0.05, 0.1) is 17.6 Å². The monoisotopic (exact) mass is 275 g/mol. The predicted molar refractivity (Wildman–Crippen MR) is 77.0 cm³/mol. The molecule has 0 radical (unpaired) electrons. The van der Waals surface area contributed by atoms with Crippen LogP contribution in [0.5, 0.6) is 5.75 Å². The number of nitrogens with one attached hydrogen (secondary N) is 1. The molecule has 0 aliphatic heterocycles. The van der Waals surface area contributed by atoms with Gasteiger partial charge in [-0.1, -0.05) is 0 Å². The van der Waals surface area contributed by atoms with E-state index < -0.39 is 4.92 Å². The highest BCUT2D eigenvalue weighted by atomic mass is 16.6. The molecule has 0 aliphatic carbocycles. The Hall–Kier alpha value is -2.50. The van der Waals surface area contributed by atoms with E-state index in [-0.39, 0.29) is 5.69 Å². The SMILES string of the molecule is CCOc1ccc(NCc2ccn(C)c2)c([N+](=O)[O-])c1. The molecular weight excluding hydrogens is 258 g/mol. The third kappa shape index (κ3) is 3.28. The van der Waals surface area contributed by atoms with Crippen LogP contribution in [0.2, 0.25) is 0 Å². The minimum Gasteiger partial charge on any atom is -0.494 e.